The maximum atomic E-state index is 13.0. The van der Waals surface area contributed by atoms with Gasteiger partial charge in [-0.1, -0.05) is 31.0 Å². The minimum Gasteiger partial charge on any atom is -0.338 e. The average Bonchev–Trinajstić information content (AvgIpc) is 2.74. The molecule has 2 aliphatic heterocycles. The SMILES string of the molecule is O=C(c1ccccc1)N1CCN(CC(=O)N2CCC[C@H]3CCCC[C@H]32)CC1. The molecule has 27 heavy (non-hydrogen) atoms. The van der Waals surface area contributed by atoms with Gasteiger partial charge in [-0.2, -0.15) is 0 Å². The molecule has 0 radical (unpaired) electrons. The van der Waals surface area contributed by atoms with E-state index in [1.807, 2.05) is 35.2 Å². The average molecular weight is 370 g/mol. The smallest absolute Gasteiger partial charge is 0.253 e. The van der Waals surface area contributed by atoms with Gasteiger partial charge in [-0.15, -0.1) is 0 Å². The molecular formula is C22H31N3O2. The summed E-state index contributed by atoms with van der Waals surface area (Å²) >= 11 is 0. The van der Waals surface area contributed by atoms with E-state index in [4.69, 9.17) is 0 Å². The first-order valence-electron chi connectivity index (χ1n) is 10.6. The molecule has 2 amide bonds. The van der Waals surface area contributed by atoms with Crippen LogP contribution in [0.1, 0.15) is 48.9 Å². The van der Waals surface area contributed by atoms with Gasteiger partial charge in [0.1, 0.15) is 0 Å². The maximum Gasteiger partial charge on any atom is 0.253 e. The minimum absolute atomic E-state index is 0.0997. The third kappa shape index (κ3) is 4.18. The van der Waals surface area contributed by atoms with E-state index in [1.165, 1.54) is 32.1 Å². The number of amides is 2. The fraction of sp³-hybridized carbons (Fsp3) is 0.636. The van der Waals surface area contributed by atoms with Crippen molar-refractivity contribution in [2.45, 2.75) is 44.6 Å². The Morgan fingerprint density at radius 2 is 1.56 bits per heavy atom. The van der Waals surface area contributed by atoms with Crippen LogP contribution in [0.5, 0.6) is 0 Å². The number of carbonyl (C=O) groups excluding carboxylic acids is 2. The van der Waals surface area contributed by atoms with Crippen molar-refractivity contribution in [2.24, 2.45) is 5.92 Å². The fourth-order valence-corrected chi connectivity index (χ4v) is 5.09. The Balaban J connectivity index is 1.29. The Hall–Kier alpha value is -1.88. The van der Waals surface area contributed by atoms with E-state index in [-0.39, 0.29) is 5.91 Å². The third-order valence-electron chi connectivity index (χ3n) is 6.60. The van der Waals surface area contributed by atoms with Crippen LogP contribution < -0.4 is 0 Å². The molecule has 0 bridgehead atoms. The van der Waals surface area contributed by atoms with E-state index in [0.717, 1.165) is 37.5 Å². The summed E-state index contributed by atoms with van der Waals surface area (Å²) in [5, 5.41) is 0. The second-order valence-corrected chi connectivity index (χ2v) is 8.28. The van der Waals surface area contributed by atoms with Crippen molar-refractivity contribution in [1.29, 1.82) is 0 Å². The van der Waals surface area contributed by atoms with Crippen molar-refractivity contribution >= 4 is 11.8 Å². The van der Waals surface area contributed by atoms with Crippen molar-refractivity contribution in [3.05, 3.63) is 35.9 Å². The Kier molecular flexibility index (Phi) is 5.77. The Bertz CT molecular complexity index is 653. The molecule has 1 aliphatic carbocycles. The molecule has 5 heteroatoms. The van der Waals surface area contributed by atoms with Crippen LogP contribution in [0, 0.1) is 5.92 Å². The van der Waals surface area contributed by atoms with Crippen LogP contribution >= 0.6 is 0 Å². The molecule has 5 nitrogen and oxygen atoms in total. The Labute approximate surface area is 162 Å². The number of benzene rings is 1. The number of hydrogen-bond acceptors (Lipinski definition) is 3. The second kappa shape index (κ2) is 8.42. The summed E-state index contributed by atoms with van der Waals surface area (Å²) in [6.45, 7) is 4.42. The molecule has 0 spiro atoms. The van der Waals surface area contributed by atoms with Crippen LogP contribution in [0.25, 0.3) is 0 Å². The highest BCUT2D eigenvalue weighted by atomic mass is 16.2. The van der Waals surface area contributed by atoms with Gasteiger partial charge in [-0.25, -0.2) is 0 Å². The quantitative estimate of drug-likeness (QED) is 0.823. The summed E-state index contributed by atoms with van der Waals surface area (Å²) in [5.74, 6) is 1.13. The van der Waals surface area contributed by atoms with Gasteiger partial charge in [0.2, 0.25) is 5.91 Å². The van der Waals surface area contributed by atoms with Crippen LogP contribution in [-0.2, 0) is 4.79 Å². The first-order chi connectivity index (χ1) is 13.2. The van der Waals surface area contributed by atoms with Gasteiger partial charge < -0.3 is 9.80 Å². The predicted molar refractivity (Wildman–Crippen MR) is 105 cm³/mol. The van der Waals surface area contributed by atoms with Crippen molar-refractivity contribution in [2.75, 3.05) is 39.3 Å². The molecule has 1 aromatic carbocycles. The van der Waals surface area contributed by atoms with Gasteiger partial charge in [-0.3, -0.25) is 14.5 Å². The zero-order valence-corrected chi connectivity index (χ0v) is 16.2. The molecule has 0 unspecified atom stereocenters. The first kappa shape index (κ1) is 18.5. The van der Waals surface area contributed by atoms with E-state index < -0.39 is 0 Å². The molecule has 0 aromatic heterocycles. The van der Waals surface area contributed by atoms with Gasteiger partial charge >= 0.3 is 0 Å². The standard InChI is InChI=1S/C22H31N3O2/c26-21(25-12-6-10-18-7-4-5-11-20(18)25)17-23-13-15-24(16-14-23)22(27)19-8-2-1-3-9-19/h1-3,8-9,18,20H,4-7,10-17H2/t18-,20-/m1/s1. The van der Waals surface area contributed by atoms with Crippen LogP contribution in [-0.4, -0.2) is 71.8 Å². The van der Waals surface area contributed by atoms with Crippen molar-refractivity contribution in [1.82, 2.24) is 14.7 Å². The predicted octanol–water partition coefficient (Wildman–Crippen LogP) is 2.63. The van der Waals surface area contributed by atoms with Crippen LogP contribution in [0.3, 0.4) is 0 Å². The van der Waals surface area contributed by atoms with Crippen molar-refractivity contribution < 1.29 is 9.59 Å². The summed E-state index contributed by atoms with van der Waals surface area (Å²) in [7, 11) is 0. The summed E-state index contributed by atoms with van der Waals surface area (Å²) in [5.41, 5.74) is 0.749. The minimum atomic E-state index is 0.0997. The largest absolute Gasteiger partial charge is 0.338 e. The van der Waals surface area contributed by atoms with Gasteiger partial charge in [0.05, 0.1) is 6.54 Å². The molecule has 1 aromatic rings. The third-order valence-corrected chi connectivity index (χ3v) is 6.60. The Morgan fingerprint density at radius 1 is 0.852 bits per heavy atom. The lowest BCUT2D eigenvalue weighted by atomic mass is 9.78. The zero-order chi connectivity index (χ0) is 18.6. The van der Waals surface area contributed by atoms with E-state index in [2.05, 4.69) is 9.80 Å². The van der Waals surface area contributed by atoms with Crippen LogP contribution in [0.4, 0.5) is 0 Å². The second-order valence-electron chi connectivity index (χ2n) is 8.28. The molecule has 1 saturated carbocycles. The number of likely N-dealkylation sites (tertiary alicyclic amines) is 1. The van der Waals surface area contributed by atoms with E-state index in [0.29, 0.717) is 31.6 Å². The fourth-order valence-electron chi connectivity index (χ4n) is 5.09. The Morgan fingerprint density at radius 3 is 2.33 bits per heavy atom. The normalized spacial score (nSPS) is 26.5. The number of piperidine rings is 1. The number of piperazine rings is 1. The zero-order valence-electron chi connectivity index (χ0n) is 16.2. The molecule has 3 fully saturated rings. The number of fused-ring (bicyclic) bond motifs is 1. The first-order valence-corrected chi connectivity index (χ1v) is 10.6. The van der Waals surface area contributed by atoms with Gasteiger partial charge in [0.25, 0.3) is 5.91 Å². The summed E-state index contributed by atoms with van der Waals surface area (Å²) in [6, 6.07) is 9.96. The maximum absolute atomic E-state index is 13.0. The highest BCUT2D eigenvalue weighted by Crippen LogP contribution is 2.35. The van der Waals surface area contributed by atoms with Crippen LogP contribution in [0.15, 0.2) is 30.3 Å². The van der Waals surface area contributed by atoms with E-state index >= 15 is 0 Å². The van der Waals surface area contributed by atoms with E-state index in [9.17, 15) is 9.59 Å². The molecular weight excluding hydrogens is 338 g/mol. The molecule has 146 valence electrons. The number of hydrogen-bond donors (Lipinski definition) is 0. The van der Waals surface area contributed by atoms with Gasteiger partial charge in [-0.05, 0) is 43.7 Å². The topological polar surface area (TPSA) is 43.9 Å². The summed E-state index contributed by atoms with van der Waals surface area (Å²) in [4.78, 5) is 31.9. The number of nitrogens with zero attached hydrogens (tertiary/aromatic N) is 3. The summed E-state index contributed by atoms with van der Waals surface area (Å²) < 4.78 is 0. The number of rotatable bonds is 3. The number of carbonyl (C=O) groups is 2. The lowest BCUT2D eigenvalue weighted by Gasteiger charge is -2.45. The van der Waals surface area contributed by atoms with Crippen LogP contribution in [0.2, 0.25) is 0 Å². The highest BCUT2D eigenvalue weighted by molar-refractivity contribution is 5.94. The van der Waals surface area contributed by atoms with Gasteiger partial charge in [0, 0.05) is 44.3 Å². The molecule has 2 atom stereocenters. The monoisotopic (exact) mass is 369 g/mol. The molecule has 2 heterocycles. The van der Waals surface area contributed by atoms with Gasteiger partial charge in [0.15, 0.2) is 0 Å². The van der Waals surface area contributed by atoms with E-state index in [1.54, 1.807) is 0 Å². The van der Waals surface area contributed by atoms with Crippen molar-refractivity contribution in [3.8, 4) is 0 Å². The molecule has 2 saturated heterocycles. The lowest BCUT2D eigenvalue weighted by molar-refractivity contribution is -0.139. The molecule has 0 N–H and O–H groups in total. The van der Waals surface area contributed by atoms with Crippen molar-refractivity contribution in [3.63, 3.8) is 0 Å². The molecule has 3 aliphatic rings. The summed E-state index contributed by atoms with van der Waals surface area (Å²) in [6.07, 6.45) is 7.55. The lowest BCUT2D eigenvalue weighted by Crippen LogP contribution is -2.55. The molecule has 4 rings (SSSR count). The highest BCUT2D eigenvalue weighted by Gasteiger charge is 2.36.